The summed E-state index contributed by atoms with van der Waals surface area (Å²) in [5.41, 5.74) is 1.09. The first-order chi connectivity index (χ1) is 8.93. The maximum atomic E-state index is 9.77. The molecule has 0 aliphatic carbocycles. The van der Waals surface area contributed by atoms with Crippen LogP contribution in [0.2, 0.25) is 0 Å². The first kappa shape index (κ1) is 14.6. The summed E-state index contributed by atoms with van der Waals surface area (Å²) in [5.74, 6) is -3.54. The van der Waals surface area contributed by atoms with E-state index in [2.05, 4.69) is 10.2 Å². The van der Waals surface area contributed by atoms with E-state index in [0.29, 0.717) is 0 Å². The second kappa shape index (κ2) is 6.47. The number of nitrogens with zero attached hydrogens (tertiary/aromatic N) is 1. The Kier molecular flexibility index (Phi) is 4.98. The van der Waals surface area contributed by atoms with E-state index >= 15 is 0 Å². The standard InChI is InChI=1S/C7H6N2.C4H6O6/c1-2-4-7-6(3-1)5-8-9-7;5-1(3(7)8)2(6)4(9)10/h1-5H,(H,8,9);1-2,5-6H,(H,7,8)(H,9,10). The third-order valence-corrected chi connectivity index (χ3v) is 2.15. The van der Waals surface area contributed by atoms with Gasteiger partial charge in [-0.1, -0.05) is 18.2 Å². The van der Waals surface area contributed by atoms with Crippen molar-refractivity contribution in [1.29, 1.82) is 0 Å². The molecule has 1 aromatic heterocycles. The molecule has 0 aliphatic heterocycles. The number of benzene rings is 1. The van der Waals surface area contributed by atoms with Crippen molar-refractivity contribution in [2.45, 2.75) is 12.2 Å². The third-order valence-electron chi connectivity index (χ3n) is 2.15. The summed E-state index contributed by atoms with van der Waals surface area (Å²) in [6.45, 7) is 0. The SMILES string of the molecule is O=C(O)C(O)C(O)C(=O)O.c1ccc2[nH]ncc2c1. The molecule has 102 valence electrons. The first-order valence-electron chi connectivity index (χ1n) is 5.13. The van der Waals surface area contributed by atoms with Crippen LogP contribution in [0.25, 0.3) is 10.9 Å². The largest absolute Gasteiger partial charge is 0.479 e. The number of fused-ring (bicyclic) bond motifs is 1. The second-order valence-corrected chi connectivity index (χ2v) is 3.52. The highest BCUT2D eigenvalue weighted by Crippen LogP contribution is 2.06. The van der Waals surface area contributed by atoms with Crippen LogP contribution in [0.4, 0.5) is 0 Å². The lowest BCUT2D eigenvalue weighted by atomic mass is 10.2. The van der Waals surface area contributed by atoms with Gasteiger partial charge in [0.1, 0.15) is 0 Å². The Bertz CT molecular complexity index is 519. The fourth-order valence-corrected chi connectivity index (χ4v) is 1.15. The van der Waals surface area contributed by atoms with Crippen molar-refractivity contribution in [2.75, 3.05) is 0 Å². The minimum atomic E-state index is -2.27. The number of aromatic nitrogens is 2. The van der Waals surface area contributed by atoms with Crippen LogP contribution in [-0.2, 0) is 9.59 Å². The van der Waals surface area contributed by atoms with E-state index in [4.69, 9.17) is 20.4 Å². The van der Waals surface area contributed by atoms with Gasteiger partial charge >= 0.3 is 11.9 Å². The van der Waals surface area contributed by atoms with Gasteiger partial charge in [-0.2, -0.15) is 5.10 Å². The molecular weight excluding hydrogens is 256 g/mol. The summed E-state index contributed by atoms with van der Waals surface area (Å²) >= 11 is 0. The monoisotopic (exact) mass is 268 g/mol. The van der Waals surface area contributed by atoms with E-state index in [1.165, 1.54) is 0 Å². The number of aromatic amines is 1. The molecule has 0 aliphatic rings. The lowest BCUT2D eigenvalue weighted by molar-refractivity contribution is -0.165. The number of carboxylic acids is 2. The van der Waals surface area contributed by atoms with Gasteiger partial charge in [-0.15, -0.1) is 0 Å². The van der Waals surface area contributed by atoms with Crippen LogP contribution < -0.4 is 0 Å². The molecule has 1 heterocycles. The van der Waals surface area contributed by atoms with Crippen molar-refractivity contribution < 1.29 is 30.0 Å². The van der Waals surface area contributed by atoms with Crippen LogP contribution in [0.3, 0.4) is 0 Å². The van der Waals surface area contributed by atoms with E-state index in [9.17, 15) is 9.59 Å². The van der Waals surface area contributed by atoms with Gasteiger partial charge in [-0.25, -0.2) is 9.59 Å². The number of carboxylic acid groups (broad SMARTS) is 2. The minimum absolute atomic E-state index is 1.09. The molecule has 2 unspecified atom stereocenters. The van der Waals surface area contributed by atoms with Gasteiger partial charge in [0.25, 0.3) is 0 Å². The second-order valence-electron chi connectivity index (χ2n) is 3.52. The summed E-state index contributed by atoms with van der Waals surface area (Å²) < 4.78 is 0. The molecule has 0 saturated carbocycles. The fourth-order valence-electron chi connectivity index (χ4n) is 1.15. The molecule has 5 N–H and O–H groups in total. The Hall–Kier alpha value is -2.45. The number of carbonyl (C=O) groups is 2. The molecule has 0 spiro atoms. The summed E-state index contributed by atoms with van der Waals surface area (Å²) in [6, 6.07) is 8.01. The van der Waals surface area contributed by atoms with E-state index < -0.39 is 24.1 Å². The van der Waals surface area contributed by atoms with Gasteiger partial charge < -0.3 is 20.4 Å². The van der Waals surface area contributed by atoms with Crippen LogP contribution in [-0.4, -0.2) is 54.8 Å². The first-order valence-corrected chi connectivity index (χ1v) is 5.13. The third kappa shape index (κ3) is 4.05. The molecule has 0 fully saturated rings. The van der Waals surface area contributed by atoms with E-state index in [1.807, 2.05) is 30.5 Å². The van der Waals surface area contributed by atoms with Crippen LogP contribution in [0.5, 0.6) is 0 Å². The molecule has 8 heteroatoms. The maximum absolute atomic E-state index is 9.77. The molecule has 8 nitrogen and oxygen atoms in total. The number of hydrogen-bond acceptors (Lipinski definition) is 5. The lowest BCUT2D eigenvalue weighted by Gasteiger charge is -2.07. The molecule has 0 radical (unpaired) electrons. The van der Waals surface area contributed by atoms with E-state index in [1.54, 1.807) is 0 Å². The van der Waals surface area contributed by atoms with E-state index in [0.717, 1.165) is 10.9 Å². The molecule has 0 bridgehead atoms. The molecule has 2 aromatic rings. The maximum Gasteiger partial charge on any atom is 0.335 e. The lowest BCUT2D eigenvalue weighted by Crippen LogP contribution is -2.39. The number of para-hydroxylation sites is 1. The van der Waals surface area contributed by atoms with Gasteiger partial charge in [0, 0.05) is 5.39 Å². The Morgan fingerprint density at radius 2 is 1.58 bits per heavy atom. The normalized spacial score (nSPS) is 13.2. The number of rotatable bonds is 3. The quantitative estimate of drug-likeness (QED) is 0.501. The number of aliphatic hydroxyl groups excluding tert-OH is 2. The highest BCUT2D eigenvalue weighted by molar-refractivity contribution is 5.83. The van der Waals surface area contributed by atoms with Crippen LogP contribution in [0.15, 0.2) is 30.5 Å². The minimum Gasteiger partial charge on any atom is -0.479 e. The molecule has 2 rings (SSSR count). The van der Waals surface area contributed by atoms with Gasteiger partial charge in [-0.3, -0.25) is 5.10 Å². The number of H-pyrrole nitrogens is 1. The Morgan fingerprint density at radius 1 is 1.05 bits per heavy atom. The Balaban J connectivity index is 0.000000190. The number of aliphatic hydroxyl groups is 2. The van der Waals surface area contributed by atoms with Crippen molar-refractivity contribution in [3.63, 3.8) is 0 Å². The van der Waals surface area contributed by atoms with Crippen molar-refractivity contribution >= 4 is 22.8 Å². The molecular formula is C11H12N2O6. The molecule has 2 atom stereocenters. The fraction of sp³-hybridized carbons (Fsp3) is 0.182. The summed E-state index contributed by atoms with van der Waals surface area (Å²) in [7, 11) is 0. The van der Waals surface area contributed by atoms with Crippen molar-refractivity contribution in [2.24, 2.45) is 0 Å². The van der Waals surface area contributed by atoms with Gasteiger partial charge in [-0.05, 0) is 6.07 Å². The summed E-state index contributed by atoms with van der Waals surface area (Å²) in [5, 5.41) is 40.4. The number of aliphatic carboxylic acids is 2. The highest BCUT2D eigenvalue weighted by Gasteiger charge is 2.29. The Labute approximate surface area is 106 Å². The van der Waals surface area contributed by atoms with Crippen LogP contribution in [0.1, 0.15) is 0 Å². The molecule has 1 aromatic carbocycles. The zero-order valence-corrected chi connectivity index (χ0v) is 9.59. The van der Waals surface area contributed by atoms with Gasteiger partial charge in [0.15, 0.2) is 12.2 Å². The van der Waals surface area contributed by atoms with Crippen molar-refractivity contribution in [3.8, 4) is 0 Å². The molecule has 19 heavy (non-hydrogen) atoms. The highest BCUT2D eigenvalue weighted by atomic mass is 16.4. The topological polar surface area (TPSA) is 144 Å². The smallest absolute Gasteiger partial charge is 0.335 e. The predicted octanol–water partition coefficient (Wildman–Crippen LogP) is -0.560. The van der Waals surface area contributed by atoms with E-state index in [-0.39, 0.29) is 0 Å². The average molecular weight is 268 g/mol. The predicted molar refractivity (Wildman–Crippen MR) is 63.4 cm³/mol. The van der Waals surface area contributed by atoms with Gasteiger partial charge in [0.2, 0.25) is 0 Å². The number of nitrogens with one attached hydrogen (secondary N) is 1. The zero-order chi connectivity index (χ0) is 14.4. The number of hydrogen-bond donors (Lipinski definition) is 5. The summed E-state index contributed by atoms with van der Waals surface area (Å²) in [4.78, 5) is 19.5. The van der Waals surface area contributed by atoms with Crippen molar-refractivity contribution in [3.05, 3.63) is 30.5 Å². The zero-order valence-electron chi connectivity index (χ0n) is 9.59. The van der Waals surface area contributed by atoms with Gasteiger partial charge in [0.05, 0.1) is 11.7 Å². The molecule has 0 amide bonds. The van der Waals surface area contributed by atoms with Crippen LogP contribution in [0, 0.1) is 0 Å². The van der Waals surface area contributed by atoms with Crippen LogP contribution >= 0.6 is 0 Å². The Morgan fingerprint density at radius 3 is 2.05 bits per heavy atom. The average Bonchev–Trinajstić information content (AvgIpc) is 2.85. The molecule has 0 saturated heterocycles. The summed E-state index contributed by atoms with van der Waals surface area (Å²) in [6.07, 6.45) is -2.72. The van der Waals surface area contributed by atoms with Crippen molar-refractivity contribution in [1.82, 2.24) is 10.2 Å².